The number of H-pyrrole nitrogens is 1. The standard InChI is InChI=1S/C19H21N3O4S/c1-25-17-7-3-15(4-8-17)13-22(27(23,24)19-11-12-20-21-19)14-16-5-9-18(26-2)10-6-16/h3-12H,13-14H2,1-2H3,(H,20,21). The van der Waals surface area contributed by atoms with E-state index in [2.05, 4.69) is 10.2 Å². The summed E-state index contributed by atoms with van der Waals surface area (Å²) in [4.78, 5) is 0. The van der Waals surface area contributed by atoms with E-state index < -0.39 is 10.0 Å². The molecule has 3 rings (SSSR count). The summed E-state index contributed by atoms with van der Waals surface area (Å²) in [6.45, 7) is 0.427. The lowest BCUT2D eigenvalue weighted by Crippen LogP contribution is -2.30. The van der Waals surface area contributed by atoms with Gasteiger partial charge in [0, 0.05) is 19.3 Å². The molecule has 3 aromatic rings. The molecule has 1 N–H and O–H groups in total. The Labute approximate surface area is 158 Å². The quantitative estimate of drug-likeness (QED) is 0.642. The number of aromatic nitrogens is 2. The maximum absolute atomic E-state index is 13.0. The first-order chi connectivity index (χ1) is 13.0. The van der Waals surface area contributed by atoms with Gasteiger partial charge in [0.15, 0.2) is 5.03 Å². The second-order valence-electron chi connectivity index (χ2n) is 5.88. The summed E-state index contributed by atoms with van der Waals surface area (Å²) in [6, 6.07) is 16.1. The maximum Gasteiger partial charge on any atom is 0.262 e. The number of aromatic amines is 1. The van der Waals surface area contributed by atoms with Gasteiger partial charge in [-0.05, 0) is 41.5 Å². The topological polar surface area (TPSA) is 84.5 Å². The van der Waals surface area contributed by atoms with E-state index in [4.69, 9.17) is 9.47 Å². The third-order valence-corrected chi connectivity index (χ3v) is 5.81. The molecule has 0 atom stereocenters. The number of nitrogens with one attached hydrogen (secondary N) is 1. The fourth-order valence-electron chi connectivity index (χ4n) is 2.62. The molecule has 7 nitrogen and oxygen atoms in total. The third kappa shape index (κ3) is 4.47. The Balaban J connectivity index is 1.89. The highest BCUT2D eigenvalue weighted by molar-refractivity contribution is 7.89. The highest BCUT2D eigenvalue weighted by atomic mass is 32.2. The van der Waals surface area contributed by atoms with Crippen LogP contribution >= 0.6 is 0 Å². The van der Waals surface area contributed by atoms with E-state index in [1.54, 1.807) is 14.2 Å². The molecule has 0 spiro atoms. The zero-order valence-electron chi connectivity index (χ0n) is 15.1. The average Bonchev–Trinajstić information content (AvgIpc) is 3.24. The molecule has 0 aliphatic heterocycles. The van der Waals surface area contributed by atoms with Gasteiger partial charge in [0.2, 0.25) is 0 Å². The molecule has 0 saturated heterocycles. The van der Waals surface area contributed by atoms with Crippen LogP contribution in [0, 0.1) is 0 Å². The van der Waals surface area contributed by atoms with Crippen molar-refractivity contribution < 1.29 is 17.9 Å². The van der Waals surface area contributed by atoms with E-state index in [9.17, 15) is 8.42 Å². The SMILES string of the molecule is COc1ccc(CN(Cc2ccc(OC)cc2)S(=O)(=O)c2cc[nH]n2)cc1. The summed E-state index contributed by atoms with van der Waals surface area (Å²) in [5.74, 6) is 1.44. The fourth-order valence-corrected chi connectivity index (χ4v) is 3.93. The average molecular weight is 387 g/mol. The van der Waals surface area contributed by atoms with Gasteiger partial charge in [0.05, 0.1) is 14.2 Å². The van der Waals surface area contributed by atoms with E-state index in [1.807, 2.05) is 48.5 Å². The summed E-state index contributed by atoms with van der Waals surface area (Å²) in [5.41, 5.74) is 1.70. The maximum atomic E-state index is 13.0. The summed E-state index contributed by atoms with van der Waals surface area (Å²) < 4.78 is 37.8. The predicted octanol–water partition coefficient (Wildman–Crippen LogP) is 2.82. The molecule has 2 aromatic carbocycles. The molecule has 1 heterocycles. The van der Waals surface area contributed by atoms with Crippen LogP contribution < -0.4 is 9.47 Å². The van der Waals surface area contributed by atoms with Gasteiger partial charge in [-0.2, -0.15) is 9.40 Å². The lowest BCUT2D eigenvalue weighted by atomic mass is 10.2. The highest BCUT2D eigenvalue weighted by Crippen LogP contribution is 2.22. The van der Waals surface area contributed by atoms with Crippen LogP contribution in [0.2, 0.25) is 0 Å². The van der Waals surface area contributed by atoms with E-state index >= 15 is 0 Å². The lowest BCUT2D eigenvalue weighted by Gasteiger charge is -2.21. The minimum atomic E-state index is -3.76. The van der Waals surface area contributed by atoms with Crippen molar-refractivity contribution in [3.63, 3.8) is 0 Å². The van der Waals surface area contributed by atoms with Crippen LogP contribution in [0.3, 0.4) is 0 Å². The van der Waals surface area contributed by atoms with E-state index in [1.165, 1.54) is 16.6 Å². The van der Waals surface area contributed by atoms with Crippen LogP contribution in [0.4, 0.5) is 0 Å². The molecule has 0 unspecified atom stereocenters. The summed E-state index contributed by atoms with van der Waals surface area (Å²) >= 11 is 0. The molecule has 0 aliphatic carbocycles. The van der Waals surface area contributed by atoms with Crippen molar-refractivity contribution in [3.05, 3.63) is 71.9 Å². The van der Waals surface area contributed by atoms with Crippen LogP contribution in [0.5, 0.6) is 11.5 Å². The highest BCUT2D eigenvalue weighted by Gasteiger charge is 2.26. The van der Waals surface area contributed by atoms with Crippen molar-refractivity contribution in [2.24, 2.45) is 0 Å². The Morgan fingerprint density at radius 3 is 1.70 bits per heavy atom. The molecule has 8 heteroatoms. The number of benzene rings is 2. The summed E-state index contributed by atoms with van der Waals surface area (Å²) in [7, 11) is -0.576. The molecule has 0 aliphatic rings. The molecule has 142 valence electrons. The van der Waals surface area contributed by atoms with Gasteiger partial charge >= 0.3 is 0 Å². The van der Waals surface area contributed by atoms with Crippen LogP contribution in [0.15, 0.2) is 65.8 Å². The van der Waals surface area contributed by atoms with Crippen LogP contribution in [-0.4, -0.2) is 37.1 Å². The minimum Gasteiger partial charge on any atom is -0.497 e. The van der Waals surface area contributed by atoms with Crippen LogP contribution in [0.25, 0.3) is 0 Å². The molecule has 0 bridgehead atoms. The van der Waals surface area contributed by atoms with Crippen molar-refractivity contribution in [2.45, 2.75) is 18.1 Å². The van der Waals surface area contributed by atoms with Crippen molar-refractivity contribution in [3.8, 4) is 11.5 Å². The van der Waals surface area contributed by atoms with Crippen LogP contribution in [-0.2, 0) is 23.1 Å². The number of sulfonamides is 1. The Morgan fingerprint density at radius 2 is 1.33 bits per heavy atom. The predicted molar refractivity (Wildman–Crippen MR) is 101 cm³/mol. The second-order valence-corrected chi connectivity index (χ2v) is 7.77. The molecule has 0 radical (unpaired) electrons. The van der Waals surface area contributed by atoms with E-state index in [0.29, 0.717) is 0 Å². The molecule has 27 heavy (non-hydrogen) atoms. The van der Waals surface area contributed by atoms with Crippen molar-refractivity contribution in [1.29, 1.82) is 0 Å². The number of rotatable bonds is 8. The van der Waals surface area contributed by atoms with Gasteiger partial charge in [-0.1, -0.05) is 24.3 Å². The molecule has 1 aromatic heterocycles. The van der Waals surface area contributed by atoms with Crippen molar-refractivity contribution in [2.75, 3.05) is 14.2 Å². The van der Waals surface area contributed by atoms with E-state index in [-0.39, 0.29) is 18.1 Å². The van der Waals surface area contributed by atoms with Crippen LogP contribution in [0.1, 0.15) is 11.1 Å². The first kappa shape index (κ1) is 18.9. The zero-order valence-corrected chi connectivity index (χ0v) is 15.9. The molecular formula is C19H21N3O4S. The fraction of sp³-hybridized carbons (Fsp3) is 0.211. The van der Waals surface area contributed by atoms with Gasteiger partial charge in [0.25, 0.3) is 10.0 Å². The van der Waals surface area contributed by atoms with Gasteiger partial charge in [-0.3, -0.25) is 5.10 Å². The third-order valence-electron chi connectivity index (χ3n) is 4.12. The van der Waals surface area contributed by atoms with Gasteiger partial charge in [-0.25, -0.2) is 8.42 Å². The summed E-state index contributed by atoms with van der Waals surface area (Å²) in [6.07, 6.45) is 1.49. The number of methoxy groups -OCH3 is 2. The Morgan fingerprint density at radius 1 is 0.852 bits per heavy atom. The minimum absolute atomic E-state index is 0.00970. The van der Waals surface area contributed by atoms with Gasteiger partial charge in [-0.15, -0.1) is 0 Å². The van der Waals surface area contributed by atoms with Crippen molar-refractivity contribution >= 4 is 10.0 Å². The molecule has 0 saturated carbocycles. The number of hydrogen-bond donors (Lipinski definition) is 1. The largest absolute Gasteiger partial charge is 0.497 e. The Hall–Kier alpha value is -2.84. The molecule has 0 fully saturated rings. The smallest absolute Gasteiger partial charge is 0.262 e. The Kier molecular flexibility index (Phi) is 5.78. The lowest BCUT2D eigenvalue weighted by molar-refractivity contribution is 0.396. The molecule has 0 amide bonds. The van der Waals surface area contributed by atoms with Crippen molar-refractivity contribution in [1.82, 2.24) is 14.5 Å². The number of hydrogen-bond acceptors (Lipinski definition) is 5. The normalized spacial score (nSPS) is 11.5. The first-order valence-electron chi connectivity index (χ1n) is 8.28. The zero-order chi connectivity index (χ0) is 19.3. The first-order valence-corrected chi connectivity index (χ1v) is 9.73. The van der Waals surface area contributed by atoms with E-state index in [0.717, 1.165) is 22.6 Å². The number of nitrogens with zero attached hydrogens (tertiary/aromatic N) is 2. The Bertz CT molecular complexity index is 904. The van der Waals surface area contributed by atoms with Gasteiger partial charge in [0.1, 0.15) is 11.5 Å². The molecular weight excluding hydrogens is 366 g/mol. The van der Waals surface area contributed by atoms with Gasteiger partial charge < -0.3 is 9.47 Å². The second kappa shape index (κ2) is 8.24. The monoisotopic (exact) mass is 387 g/mol. The number of ether oxygens (including phenoxy) is 2. The summed E-state index contributed by atoms with van der Waals surface area (Å²) in [5, 5.41) is 6.40.